The maximum absolute atomic E-state index is 12.5. The van der Waals surface area contributed by atoms with Gasteiger partial charge in [-0.05, 0) is 44.8 Å². The molecule has 0 spiro atoms. The van der Waals surface area contributed by atoms with Gasteiger partial charge in [-0.3, -0.25) is 0 Å². The van der Waals surface area contributed by atoms with Crippen molar-refractivity contribution in [3.63, 3.8) is 0 Å². The van der Waals surface area contributed by atoms with Gasteiger partial charge in [0.2, 0.25) is 6.29 Å². The maximum atomic E-state index is 12.5. The summed E-state index contributed by atoms with van der Waals surface area (Å²) in [4.78, 5) is 12.5. The lowest BCUT2D eigenvalue weighted by molar-refractivity contribution is -0.148. The summed E-state index contributed by atoms with van der Waals surface area (Å²) in [6, 6.07) is 27.7. The SMILES string of the molecule is O=C1OC(O)C(c2ccc3ccccc3c2)=C1c1ccc2ccccc2c1. The molecule has 0 aromatic heterocycles. The predicted molar refractivity (Wildman–Crippen MR) is 107 cm³/mol. The zero-order valence-corrected chi connectivity index (χ0v) is 14.4. The molecule has 0 fully saturated rings. The molecule has 1 heterocycles. The Morgan fingerprint density at radius 3 is 1.81 bits per heavy atom. The van der Waals surface area contributed by atoms with Crippen LogP contribution in [0.2, 0.25) is 0 Å². The van der Waals surface area contributed by atoms with Crippen molar-refractivity contribution in [2.45, 2.75) is 6.29 Å². The van der Waals surface area contributed by atoms with Crippen LogP contribution in [0, 0.1) is 0 Å². The number of fused-ring (bicyclic) bond motifs is 2. The Hall–Kier alpha value is -3.43. The van der Waals surface area contributed by atoms with Gasteiger partial charge in [0.15, 0.2) is 0 Å². The smallest absolute Gasteiger partial charge is 0.341 e. The summed E-state index contributed by atoms with van der Waals surface area (Å²) >= 11 is 0. The Morgan fingerprint density at radius 2 is 1.19 bits per heavy atom. The third kappa shape index (κ3) is 2.60. The Balaban J connectivity index is 1.74. The van der Waals surface area contributed by atoms with E-state index in [4.69, 9.17) is 4.74 Å². The van der Waals surface area contributed by atoms with Crippen LogP contribution >= 0.6 is 0 Å². The average Bonchev–Trinajstić information content (AvgIpc) is 3.01. The number of esters is 1. The highest BCUT2D eigenvalue weighted by Gasteiger charge is 2.34. The first-order chi connectivity index (χ1) is 13.2. The molecule has 0 amide bonds. The Labute approximate surface area is 156 Å². The number of aliphatic hydroxyl groups excluding tert-OH is 1. The normalized spacial score (nSPS) is 16.9. The number of rotatable bonds is 2. The van der Waals surface area contributed by atoms with Gasteiger partial charge in [-0.1, -0.05) is 72.8 Å². The van der Waals surface area contributed by atoms with Crippen LogP contribution in [0.25, 0.3) is 32.7 Å². The van der Waals surface area contributed by atoms with E-state index in [0.29, 0.717) is 11.1 Å². The van der Waals surface area contributed by atoms with E-state index in [1.54, 1.807) is 0 Å². The Bertz CT molecular complexity index is 1240. The lowest BCUT2D eigenvalue weighted by atomic mass is 9.93. The third-order valence-electron chi connectivity index (χ3n) is 5.04. The molecule has 0 bridgehead atoms. The topological polar surface area (TPSA) is 46.5 Å². The van der Waals surface area contributed by atoms with E-state index in [1.807, 2.05) is 84.9 Å². The van der Waals surface area contributed by atoms with Crippen molar-refractivity contribution in [2.75, 3.05) is 0 Å². The van der Waals surface area contributed by atoms with Gasteiger partial charge in [-0.2, -0.15) is 0 Å². The van der Waals surface area contributed by atoms with Gasteiger partial charge in [0.25, 0.3) is 0 Å². The van der Waals surface area contributed by atoms with Crippen LogP contribution in [0.1, 0.15) is 11.1 Å². The highest BCUT2D eigenvalue weighted by molar-refractivity contribution is 6.28. The van der Waals surface area contributed by atoms with Crippen molar-refractivity contribution >= 4 is 38.7 Å². The summed E-state index contributed by atoms with van der Waals surface area (Å²) in [5, 5.41) is 14.7. The molecule has 5 rings (SSSR count). The van der Waals surface area contributed by atoms with Crippen LogP contribution in [0.3, 0.4) is 0 Å². The van der Waals surface area contributed by atoms with E-state index in [2.05, 4.69) is 0 Å². The van der Waals surface area contributed by atoms with Gasteiger partial charge in [-0.25, -0.2) is 4.79 Å². The molecular formula is C24H16O3. The van der Waals surface area contributed by atoms with Crippen molar-refractivity contribution < 1.29 is 14.6 Å². The van der Waals surface area contributed by atoms with Crippen LogP contribution in [-0.2, 0) is 9.53 Å². The maximum Gasteiger partial charge on any atom is 0.341 e. The molecule has 3 nitrogen and oxygen atoms in total. The number of aliphatic hydroxyl groups is 1. The molecule has 1 atom stereocenters. The van der Waals surface area contributed by atoms with E-state index in [1.165, 1.54) is 0 Å². The molecular weight excluding hydrogens is 336 g/mol. The number of cyclic esters (lactones) is 1. The largest absolute Gasteiger partial charge is 0.428 e. The minimum atomic E-state index is -1.26. The number of carbonyl (C=O) groups excluding carboxylic acids is 1. The number of hydrogen-bond acceptors (Lipinski definition) is 3. The zero-order chi connectivity index (χ0) is 18.4. The zero-order valence-electron chi connectivity index (χ0n) is 14.4. The van der Waals surface area contributed by atoms with E-state index in [-0.39, 0.29) is 0 Å². The van der Waals surface area contributed by atoms with Crippen molar-refractivity contribution in [2.24, 2.45) is 0 Å². The van der Waals surface area contributed by atoms with Gasteiger partial charge in [0.1, 0.15) is 0 Å². The van der Waals surface area contributed by atoms with Gasteiger partial charge < -0.3 is 9.84 Å². The fourth-order valence-electron chi connectivity index (χ4n) is 3.71. The number of benzene rings is 4. The average molecular weight is 352 g/mol. The van der Waals surface area contributed by atoms with E-state index in [9.17, 15) is 9.90 Å². The fourth-order valence-corrected chi connectivity index (χ4v) is 3.71. The summed E-state index contributed by atoms with van der Waals surface area (Å²) in [7, 11) is 0. The first-order valence-electron chi connectivity index (χ1n) is 8.82. The van der Waals surface area contributed by atoms with Crippen molar-refractivity contribution in [3.8, 4) is 0 Å². The van der Waals surface area contributed by atoms with E-state index >= 15 is 0 Å². The summed E-state index contributed by atoms with van der Waals surface area (Å²) in [6.07, 6.45) is -1.26. The van der Waals surface area contributed by atoms with E-state index < -0.39 is 12.3 Å². The standard InChI is InChI=1S/C24H16O3/c25-23-21(19-11-9-15-5-1-3-7-17(15)13-19)22(24(26)27-23)20-12-10-16-6-2-4-8-18(16)14-20/h1-14,23,25H. The second-order valence-corrected chi connectivity index (χ2v) is 6.67. The van der Waals surface area contributed by atoms with Crippen LogP contribution in [-0.4, -0.2) is 17.4 Å². The van der Waals surface area contributed by atoms with Gasteiger partial charge in [0.05, 0.1) is 5.57 Å². The van der Waals surface area contributed by atoms with Crippen LogP contribution in [0.5, 0.6) is 0 Å². The molecule has 0 saturated carbocycles. The minimum Gasteiger partial charge on any atom is -0.428 e. The summed E-state index contributed by atoms with van der Waals surface area (Å²) in [6.45, 7) is 0. The second-order valence-electron chi connectivity index (χ2n) is 6.67. The molecule has 0 aliphatic carbocycles. The Morgan fingerprint density at radius 1 is 0.667 bits per heavy atom. The number of hydrogen-bond donors (Lipinski definition) is 1. The summed E-state index contributed by atoms with van der Waals surface area (Å²) in [5.74, 6) is -0.499. The molecule has 0 saturated heterocycles. The summed E-state index contributed by atoms with van der Waals surface area (Å²) in [5.41, 5.74) is 2.47. The molecule has 0 radical (unpaired) electrons. The lowest BCUT2D eigenvalue weighted by Crippen LogP contribution is -2.09. The van der Waals surface area contributed by atoms with Crippen LogP contribution in [0.4, 0.5) is 0 Å². The van der Waals surface area contributed by atoms with Crippen molar-refractivity contribution in [1.29, 1.82) is 0 Å². The molecule has 1 aliphatic heterocycles. The molecule has 4 aromatic carbocycles. The fraction of sp³-hybridized carbons (Fsp3) is 0.0417. The van der Waals surface area contributed by atoms with Gasteiger partial charge >= 0.3 is 5.97 Å². The number of carbonyl (C=O) groups is 1. The van der Waals surface area contributed by atoms with Gasteiger partial charge in [0, 0.05) is 5.57 Å². The molecule has 27 heavy (non-hydrogen) atoms. The molecule has 1 N–H and O–H groups in total. The quantitative estimate of drug-likeness (QED) is 0.528. The number of ether oxygens (including phenoxy) is 1. The van der Waals surface area contributed by atoms with Crippen LogP contribution < -0.4 is 0 Å². The minimum absolute atomic E-state index is 0.420. The molecule has 130 valence electrons. The van der Waals surface area contributed by atoms with Crippen molar-refractivity contribution in [3.05, 3.63) is 96.1 Å². The molecule has 1 unspecified atom stereocenters. The third-order valence-corrected chi connectivity index (χ3v) is 5.04. The van der Waals surface area contributed by atoms with Gasteiger partial charge in [-0.15, -0.1) is 0 Å². The van der Waals surface area contributed by atoms with Crippen molar-refractivity contribution in [1.82, 2.24) is 0 Å². The van der Waals surface area contributed by atoms with E-state index in [0.717, 1.165) is 32.7 Å². The molecule has 4 aromatic rings. The Kier molecular flexibility index (Phi) is 3.56. The predicted octanol–water partition coefficient (Wildman–Crippen LogP) is 4.78. The molecule has 1 aliphatic rings. The first-order valence-corrected chi connectivity index (χ1v) is 8.82. The highest BCUT2D eigenvalue weighted by Crippen LogP contribution is 2.38. The molecule has 3 heteroatoms. The van der Waals surface area contributed by atoms with Crippen LogP contribution in [0.15, 0.2) is 84.9 Å². The lowest BCUT2D eigenvalue weighted by Gasteiger charge is -2.10. The second kappa shape index (κ2) is 6.08. The highest BCUT2D eigenvalue weighted by atomic mass is 16.6. The summed E-state index contributed by atoms with van der Waals surface area (Å²) < 4.78 is 5.16. The first kappa shape index (κ1) is 15.8. The monoisotopic (exact) mass is 352 g/mol.